The Morgan fingerprint density at radius 1 is 0.938 bits per heavy atom. The highest BCUT2D eigenvalue weighted by Crippen LogP contribution is 2.12. The summed E-state index contributed by atoms with van der Waals surface area (Å²) in [4.78, 5) is 0.136. The van der Waals surface area contributed by atoms with Crippen molar-refractivity contribution in [1.29, 1.82) is 0 Å². The first-order chi connectivity index (χ1) is 7.61. The van der Waals surface area contributed by atoms with E-state index in [0.29, 0.717) is 0 Å². The number of benzene rings is 1. The first kappa shape index (κ1) is 13.4. The van der Waals surface area contributed by atoms with E-state index in [-0.39, 0.29) is 4.90 Å². The van der Waals surface area contributed by atoms with Gasteiger partial charge in [-0.1, -0.05) is 18.2 Å². The SMILES string of the molecule is C1COCCO1.O=S(=O)(Cl)c1ccccc1. The second-order valence-corrected chi connectivity index (χ2v) is 5.54. The molecule has 1 heterocycles. The summed E-state index contributed by atoms with van der Waals surface area (Å²) in [5.74, 6) is 0. The zero-order valence-corrected chi connectivity index (χ0v) is 10.2. The molecule has 0 atom stereocenters. The van der Waals surface area contributed by atoms with Crippen LogP contribution in [0.15, 0.2) is 35.2 Å². The topological polar surface area (TPSA) is 52.6 Å². The summed E-state index contributed by atoms with van der Waals surface area (Å²) in [5.41, 5.74) is 0. The summed E-state index contributed by atoms with van der Waals surface area (Å²) >= 11 is 0. The van der Waals surface area contributed by atoms with Gasteiger partial charge < -0.3 is 9.47 Å². The van der Waals surface area contributed by atoms with Crippen LogP contribution in [0.25, 0.3) is 0 Å². The van der Waals surface area contributed by atoms with Crippen LogP contribution in [0, 0.1) is 0 Å². The van der Waals surface area contributed by atoms with Gasteiger partial charge in [-0.3, -0.25) is 0 Å². The minimum absolute atomic E-state index is 0.136. The first-order valence-electron chi connectivity index (χ1n) is 4.76. The highest BCUT2D eigenvalue weighted by atomic mass is 35.7. The monoisotopic (exact) mass is 264 g/mol. The second-order valence-electron chi connectivity index (χ2n) is 2.98. The van der Waals surface area contributed by atoms with Gasteiger partial charge in [-0.05, 0) is 12.1 Å². The molecule has 1 aliphatic heterocycles. The minimum atomic E-state index is -3.53. The lowest BCUT2D eigenvalue weighted by atomic mass is 10.4. The standard InChI is InChI=1S/C6H5ClO2S.C4H8O2/c7-10(8,9)6-4-2-1-3-5-6;1-2-6-4-3-5-1/h1-5H;1-4H2. The van der Waals surface area contributed by atoms with Gasteiger partial charge in [-0.25, -0.2) is 8.42 Å². The number of hydrogen-bond donors (Lipinski definition) is 0. The molecule has 6 heteroatoms. The van der Waals surface area contributed by atoms with E-state index in [1.54, 1.807) is 18.2 Å². The predicted molar refractivity (Wildman–Crippen MR) is 61.1 cm³/mol. The van der Waals surface area contributed by atoms with Gasteiger partial charge in [0.25, 0.3) is 9.05 Å². The Hall–Kier alpha value is -0.620. The molecular formula is C10H13ClO4S. The molecule has 1 saturated heterocycles. The van der Waals surface area contributed by atoms with Crippen LogP contribution in [-0.2, 0) is 18.5 Å². The Morgan fingerprint density at radius 2 is 1.38 bits per heavy atom. The zero-order valence-electron chi connectivity index (χ0n) is 8.63. The van der Waals surface area contributed by atoms with Crippen molar-refractivity contribution in [2.24, 2.45) is 0 Å². The molecule has 1 aromatic rings. The van der Waals surface area contributed by atoms with Crippen molar-refractivity contribution in [1.82, 2.24) is 0 Å². The number of hydrogen-bond acceptors (Lipinski definition) is 4. The van der Waals surface area contributed by atoms with Crippen molar-refractivity contribution < 1.29 is 17.9 Å². The maximum absolute atomic E-state index is 10.6. The smallest absolute Gasteiger partial charge is 0.261 e. The molecule has 90 valence electrons. The molecule has 0 aromatic heterocycles. The van der Waals surface area contributed by atoms with Crippen LogP contribution < -0.4 is 0 Å². The first-order valence-corrected chi connectivity index (χ1v) is 7.07. The van der Waals surface area contributed by atoms with E-state index in [1.807, 2.05) is 0 Å². The largest absolute Gasteiger partial charge is 0.377 e. The van der Waals surface area contributed by atoms with Crippen LogP contribution in [0.5, 0.6) is 0 Å². The summed E-state index contributed by atoms with van der Waals surface area (Å²) in [6.45, 7) is 3.11. The Bertz CT molecular complexity index is 375. The summed E-state index contributed by atoms with van der Waals surface area (Å²) < 4.78 is 31.1. The lowest BCUT2D eigenvalue weighted by Gasteiger charge is -2.09. The molecule has 0 unspecified atom stereocenters. The summed E-state index contributed by atoms with van der Waals surface area (Å²) in [7, 11) is 1.50. The van der Waals surface area contributed by atoms with Gasteiger partial charge in [-0.2, -0.15) is 0 Å². The van der Waals surface area contributed by atoms with E-state index in [1.165, 1.54) is 12.1 Å². The van der Waals surface area contributed by atoms with Crippen molar-refractivity contribution in [2.45, 2.75) is 4.90 Å². The van der Waals surface area contributed by atoms with Crippen LogP contribution in [0.3, 0.4) is 0 Å². The van der Waals surface area contributed by atoms with Crippen LogP contribution in [0.2, 0.25) is 0 Å². The lowest BCUT2D eigenvalue weighted by Crippen LogP contribution is -2.16. The highest BCUT2D eigenvalue weighted by Gasteiger charge is 2.06. The van der Waals surface area contributed by atoms with E-state index in [0.717, 1.165) is 26.4 Å². The average Bonchev–Trinajstić information content (AvgIpc) is 2.32. The van der Waals surface area contributed by atoms with Gasteiger partial charge in [0.15, 0.2) is 0 Å². The third-order valence-electron chi connectivity index (χ3n) is 1.77. The minimum Gasteiger partial charge on any atom is -0.377 e. The third kappa shape index (κ3) is 5.46. The molecule has 4 nitrogen and oxygen atoms in total. The van der Waals surface area contributed by atoms with Crippen molar-refractivity contribution in [3.8, 4) is 0 Å². The van der Waals surface area contributed by atoms with Crippen molar-refractivity contribution in [3.63, 3.8) is 0 Å². The predicted octanol–water partition coefficient (Wildman–Crippen LogP) is 1.65. The Morgan fingerprint density at radius 3 is 1.62 bits per heavy atom. The van der Waals surface area contributed by atoms with Crippen molar-refractivity contribution >= 4 is 19.7 Å². The van der Waals surface area contributed by atoms with Gasteiger partial charge in [0.1, 0.15) is 0 Å². The molecule has 0 bridgehead atoms. The molecule has 1 fully saturated rings. The quantitative estimate of drug-likeness (QED) is 0.724. The lowest BCUT2D eigenvalue weighted by molar-refractivity contribution is -0.0334. The van der Waals surface area contributed by atoms with Crippen LogP contribution in [0.4, 0.5) is 0 Å². The molecule has 2 rings (SSSR count). The molecular weight excluding hydrogens is 252 g/mol. The summed E-state index contributed by atoms with van der Waals surface area (Å²) in [6.07, 6.45) is 0. The van der Waals surface area contributed by atoms with Crippen LogP contribution in [0.1, 0.15) is 0 Å². The van der Waals surface area contributed by atoms with Gasteiger partial charge in [-0.15, -0.1) is 0 Å². The highest BCUT2D eigenvalue weighted by molar-refractivity contribution is 8.13. The molecule has 0 spiro atoms. The van der Waals surface area contributed by atoms with E-state index in [2.05, 4.69) is 0 Å². The molecule has 1 aliphatic rings. The van der Waals surface area contributed by atoms with E-state index in [4.69, 9.17) is 20.2 Å². The zero-order chi connectivity index (χ0) is 11.9. The van der Waals surface area contributed by atoms with Gasteiger partial charge in [0, 0.05) is 10.7 Å². The number of rotatable bonds is 1. The molecule has 0 amide bonds. The molecule has 0 N–H and O–H groups in total. The number of ether oxygens (including phenoxy) is 2. The van der Waals surface area contributed by atoms with E-state index in [9.17, 15) is 8.42 Å². The third-order valence-corrected chi connectivity index (χ3v) is 3.14. The molecule has 0 radical (unpaired) electrons. The number of halogens is 1. The average molecular weight is 265 g/mol. The fourth-order valence-corrected chi connectivity index (χ4v) is 1.81. The van der Waals surface area contributed by atoms with E-state index < -0.39 is 9.05 Å². The van der Waals surface area contributed by atoms with Gasteiger partial charge in [0.05, 0.1) is 31.3 Å². The maximum atomic E-state index is 10.6. The van der Waals surface area contributed by atoms with Crippen molar-refractivity contribution in [3.05, 3.63) is 30.3 Å². The maximum Gasteiger partial charge on any atom is 0.261 e. The fourth-order valence-electron chi connectivity index (χ4n) is 1.02. The summed E-state index contributed by atoms with van der Waals surface area (Å²) in [5, 5.41) is 0. The molecule has 16 heavy (non-hydrogen) atoms. The van der Waals surface area contributed by atoms with Crippen LogP contribution in [-0.4, -0.2) is 34.8 Å². The molecule has 1 aromatic carbocycles. The Labute approximate surface area is 99.6 Å². The fraction of sp³-hybridized carbons (Fsp3) is 0.400. The normalized spacial score (nSPS) is 16.1. The summed E-state index contributed by atoms with van der Waals surface area (Å²) in [6, 6.07) is 7.86. The van der Waals surface area contributed by atoms with Crippen LogP contribution >= 0.6 is 10.7 Å². The second kappa shape index (κ2) is 6.85. The molecule has 0 aliphatic carbocycles. The Kier molecular flexibility index (Phi) is 5.76. The van der Waals surface area contributed by atoms with Crippen molar-refractivity contribution in [2.75, 3.05) is 26.4 Å². The van der Waals surface area contributed by atoms with Gasteiger partial charge >= 0.3 is 0 Å². The Balaban J connectivity index is 0.000000181. The molecule has 0 saturated carbocycles. The van der Waals surface area contributed by atoms with Gasteiger partial charge in [0.2, 0.25) is 0 Å². The van der Waals surface area contributed by atoms with E-state index >= 15 is 0 Å².